The molecule has 0 bridgehead atoms. The second-order valence-corrected chi connectivity index (χ2v) is 2.20. The predicted molar refractivity (Wildman–Crippen MR) is 41.3 cm³/mol. The van der Waals surface area contributed by atoms with Gasteiger partial charge in [-0.3, -0.25) is 0 Å². The van der Waals surface area contributed by atoms with Crippen LogP contribution in [0.15, 0.2) is 18.3 Å². The van der Waals surface area contributed by atoms with E-state index in [9.17, 15) is 5.21 Å². The minimum Gasteiger partial charge on any atom is -0.618 e. The molecule has 1 aromatic rings. The minimum absolute atomic E-state index is 0.657. The molecule has 0 saturated heterocycles. The first-order valence-electron chi connectivity index (χ1n) is 3.54. The lowest BCUT2D eigenvalue weighted by molar-refractivity contribution is -0.614. The minimum atomic E-state index is 0.657. The van der Waals surface area contributed by atoms with Crippen molar-refractivity contribution in [3.63, 3.8) is 0 Å². The molecule has 0 amide bonds. The van der Waals surface area contributed by atoms with Crippen LogP contribution in [0, 0.1) is 5.21 Å². The Labute approximate surface area is 65.8 Å². The molecule has 0 fully saturated rings. The van der Waals surface area contributed by atoms with Crippen molar-refractivity contribution in [2.24, 2.45) is 0 Å². The van der Waals surface area contributed by atoms with Crippen LogP contribution in [-0.2, 0) is 6.42 Å². The van der Waals surface area contributed by atoms with Gasteiger partial charge in [-0.05, 0) is 6.07 Å². The summed E-state index contributed by atoms with van der Waals surface area (Å²) >= 11 is 0. The van der Waals surface area contributed by atoms with Crippen molar-refractivity contribution in [1.29, 1.82) is 0 Å². The smallest absolute Gasteiger partial charge is 0.234 e. The van der Waals surface area contributed by atoms with Crippen LogP contribution in [0.3, 0.4) is 0 Å². The average Bonchev–Trinajstić information content (AvgIpc) is 2.04. The molecule has 0 aliphatic rings. The maximum Gasteiger partial charge on any atom is 0.234 e. The first-order valence-corrected chi connectivity index (χ1v) is 3.54. The van der Waals surface area contributed by atoms with E-state index in [4.69, 9.17) is 4.74 Å². The van der Waals surface area contributed by atoms with Crippen LogP contribution in [0.1, 0.15) is 12.6 Å². The Bertz CT molecular complexity index is 248. The molecule has 1 aromatic heterocycles. The van der Waals surface area contributed by atoms with Gasteiger partial charge >= 0.3 is 0 Å². The van der Waals surface area contributed by atoms with Gasteiger partial charge in [-0.1, -0.05) is 6.92 Å². The Morgan fingerprint density at radius 3 is 2.82 bits per heavy atom. The van der Waals surface area contributed by atoms with Gasteiger partial charge < -0.3 is 9.94 Å². The van der Waals surface area contributed by atoms with Crippen LogP contribution in [0.5, 0.6) is 5.75 Å². The maximum atomic E-state index is 11.1. The van der Waals surface area contributed by atoms with E-state index in [0.29, 0.717) is 17.9 Å². The Morgan fingerprint density at radius 2 is 2.36 bits per heavy atom. The van der Waals surface area contributed by atoms with E-state index in [1.165, 1.54) is 6.20 Å². The topological polar surface area (TPSA) is 36.2 Å². The molecule has 0 unspecified atom stereocenters. The van der Waals surface area contributed by atoms with Crippen LogP contribution >= 0.6 is 0 Å². The number of ether oxygens (including phenoxy) is 1. The van der Waals surface area contributed by atoms with Crippen molar-refractivity contribution in [2.45, 2.75) is 13.3 Å². The van der Waals surface area contributed by atoms with Gasteiger partial charge in [0.25, 0.3) is 0 Å². The molecular formula is C8H11NO2. The molecule has 0 aromatic carbocycles. The molecule has 0 atom stereocenters. The number of methoxy groups -OCH3 is 1. The summed E-state index contributed by atoms with van der Waals surface area (Å²) < 4.78 is 5.83. The fraction of sp³-hybridized carbons (Fsp3) is 0.375. The molecule has 3 heteroatoms. The SMILES string of the molecule is CCc1c(OC)ccc[n+]1[O-]. The summed E-state index contributed by atoms with van der Waals surface area (Å²) in [4.78, 5) is 0. The van der Waals surface area contributed by atoms with Crippen molar-refractivity contribution in [3.05, 3.63) is 29.2 Å². The summed E-state index contributed by atoms with van der Waals surface area (Å²) in [6, 6.07) is 3.46. The van der Waals surface area contributed by atoms with Gasteiger partial charge in [0.15, 0.2) is 11.9 Å². The van der Waals surface area contributed by atoms with Crippen molar-refractivity contribution < 1.29 is 9.47 Å². The Hall–Kier alpha value is -1.25. The number of rotatable bonds is 2. The summed E-state index contributed by atoms with van der Waals surface area (Å²) in [6.45, 7) is 1.92. The van der Waals surface area contributed by atoms with Gasteiger partial charge in [0.2, 0.25) is 5.69 Å². The highest BCUT2D eigenvalue weighted by atomic mass is 16.5. The van der Waals surface area contributed by atoms with Gasteiger partial charge in [-0.15, -0.1) is 0 Å². The molecule has 0 N–H and O–H groups in total. The third-order valence-corrected chi connectivity index (χ3v) is 1.57. The van der Waals surface area contributed by atoms with Gasteiger partial charge in [0.1, 0.15) is 0 Å². The van der Waals surface area contributed by atoms with Crippen LogP contribution in [-0.4, -0.2) is 7.11 Å². The molecule has 60 valence electrons. The molecular weight excluding hydrogens is 142 g/mol. The second kappa shape index (κ2) is 3.23. The fourth-order valence-electron chi connectivity index (χ4n) is 1.02. The molecule has 3 nitrogen and oxygen atoms in total. The molecule has 1 heterocycles. The summed E-state index contributed by atoms with van der Waals surface area (Å²) in [5.41, 5.74) is 0.676. The summed E-state index contributed by atoms with van der Waals surface area (Å²) in [6.07, 6.45) is 2.16. The van der Waals surface area contributed by atoms with Crippen molar-refractivity contribution in [2.75, 3.05) is 7.11 Å². The molecule has 0 saturated carbocycles. The van der Waals surface area contributed by atoms with E-state index >= 15 is 0 Å². The Kier molecular flexibility index (Phi) is 2.31. The number of aromatic nitrogens is 1. The molecule has 11 heavy (non-hydrogen) atoms. The highest BCUT2D eigenvalue weighted by Crippen LogP contribution is 2.12. The first-order chi connectivity index (χ1) is 5.29. The summed E-state index contributed by atoms with van der Waals surface area (Å²) in [7, 11) is 1.56. The average molecular weight is 153 g/mol. The maximum absolute atomic E-state index is 11.1. The summed E-state index contributed by atoms with van der Waals surface area (Å²) in [5, 5.41) is 11.1. The molecule has 0 spiro atoms. The fourth-order valence-corrected chi connectivity index (χ4v) is 1.02. The Morgan fingerprint density at radius 1 is 1.64 bits per heavy atom. The molecule has 1 rings (SSSR count). The lowest BCUT2D eigenvalue weighted by atomic mass is 10.3. The molecule has 0 radical (unpaired) electrons. The van der Waals surface area contributed by atoms with E-state index in [2.05, 4.69) is 0 Å². The third kappa shape index (κ3) is 1.42. The van der Waals surface area contributed by atoms with Gasteiger partial charge in [-0.25, -0.2) is 0 Å². The standard InChI is InChI=1S/C8H11NO2/c1-3-7-8(11-2)5-4-6-9(7)10/h4-6H,3H2,1-2H3. The van der Waals surface area contributed by atoms with Gasteiger partial charge in [-0.2, -0.15) is 4.73 Å². The number of hydrogen-bond acceptors (Lipinski definition) is 2. The number of nitrogens with zero attached hydrogens (tertiary/aromatic N) is 1. The van der Waals surface area contributed by atoms with Crippen LogP contribution in [0.4, 0.5) is 0 Å². The zero-order valence-electron chi connectivity index (χ0n) is 6.70. The zero-order chi connectivity index (χ0) is 8.27. The monoisotopic (exact) mass is 153 g/mol. The first kappa shape index (κ1) is 7.85. The third-order valence-electron chi connectivity index (χ3n) is 1.57. The number of hydrogen-bond donors (Lipinski definition) is 0. The lowest BCUT2D eigenvalue weighted by Crippen LogP contribution is -2.31. The van der Waals surface area contributed by atoms with Crippen LogP contribution in [0.25, 0.3) is 0 Å². The predicted octanol–water partition coefficient (Wildman–Crippen LogP) is 0.891. The highest BCUT2D eigenvalue weighted by Gasteiger charge is 2.08. The van der Waals surface area contributed by atoms with E-state index < -0.39 is 0 Å². The van der Waals surface area contributed by atoms with Crippen LogP contribution in [0.2, 0.25) is 0 Å². The van der Waals surface area contributed by atoms with Gasteiger partial charge in [0.05, 0.1) is 7.11 Å². The van der Waals surface area contributed by atoms with E-state index in [-0.39, 0.29) is 0 Å². The largest absolute Gasteiger partial charge is 0.618 e. The number of pyridine rings is 1. The van der Waals surface area contributed by atoms with Gasteiger partial charge in [0, 0.05) is 12.5 Å². The van der Waals surface area contributed by atoms with E-state index in [0.717, 1.165) is 4.73 Å². The normalized spacial score (nSPS) is 9.64. The van der Waals surface area contributed by atoms with E-state index in [1.807, 2.05) is 6.92 Å². The van der Waals surface area contributed by atoms with Crippen molar-refractivity contribution in [3.8, 4) is 5.75 Å². The zero-order valence-corrected chi connectivity index (χ0v) is 6.70. The lowest BCUT2D eigenvalue weighted by Gasteiger charge is -2.05. The highest BCUT2D eigenvalue weighted by molar-refractivity contribution is 5.22. The molecule has 0 aliphatic heterocycles. The molecule has 0 aliphatic carbocycles. The van der Waals surface area contributed by atoms with Crippen molar-refractivity contribution >= 4 is 0 Å². The summed E-state index contributed by atoms with van der Waals surface area (Å²) in [5.74, 6) is 0.657. The Balaban J connectivity index is 3.13. The van der Waals surface area contributed by atoms with Crippen molar-refractivity contribution in [1.82, 2.24) is 0 Å². The van der Waals surface area contributed by atoms with E-state index in [1.54, 1.807) is 19.2 Å². The second-order valence-electron chi connectivity index (χ2n) is 2.20. The quantitative estimate of drug-likeness (QED) is 0.467. The van der Waals surface area contributed by atoms with Crippen LogP contribution < -0.4 is 9.47 Å².